The zero-order chi connectivity index (χ0) is 19.3. The van der Waals surface area contributed by atoms with Crippen LogP contribution in [0.3, 0.4) is 0 Å². The van der Waals surface area contributed by atoms with Crippen molar-refractivity contribution in [1.82, 2.24) is 15.0 Å². The Hall–Kier alpha value is -3.88. The largest absolute Gasteiger partial charge is 0.485 e. The van der Waals surface area contributed by atoms with Gasteiger partial charge in [-0.3, -0.25) is 0 Å². The summed E-state index contributed by atoms with van der Waals surface area (Å²) in [5.74, 6) is 1.01. The van der Waals surface area contributed by atoms with Crippen LogP contribution in [0.4, 0.5) is 17.6 Å². The van der Waals surface area contributed by atoms with E-state index in [0.717, 1.165) is 5.69 Å². The summed E-state index contributed by atoms with van der Waals surface area (Å²) < 4.78 is 16.4. The molecule has 1 unspecified atom stereocenters. The van der Waals surface area contributed by atoms with Crippen LogP contribution in [0, 0.1) is 0 Å². The van der Waals surface area contributed by atoms with Crippen molar-refractivity contribution in [1.29, 1.82) is 0 Å². The van der Waals surface area contributed by atoms with Crippen molar-refractivity contribution in [3.05, 3.63) is 60.4 Å². The summed E-state index contributed by atoms with van der Waals surface area (Å²) in [4.78, 5) is 24.5. The van der Waals surface area contributed by atoms with Crippen molar-refractivity contribution in [2.45, 2.75) is 12.7 Å². The van der Waals surface area contributed by atoms with Crippen molar-refractivity contribution in [3.63, 3.8) is 0 Å². The highest BCUT2D eigenvalue weighted by Crippen LogP contribution is 2.31. The van der Waals surface area contributed by atoms with Gasteiger partial charge in [0.05, 0.1) is 0 Å². The summed E-state index contributed by atoms with van der Waals surface area (Å²) in [6.45, 7) is -0.105. The molecule has 0 spiro atoms. The molecule has 0 amide bonds. The molecular weight excluding hydrogens is 362 g/mol. The maximum atomic E-state index is 12.3. The molecule has 2 heterocycles. The molecular formula is C19H17N5O4. The number of nitrogens with zero attached hydrogens (tertiary/aromatic N) is 3. The zero-order valence-electron chi connectivity index (χ0n) is 14.7. The molecule has 0 aliphatic carbocycles. The molecule has 0 saturated carbocycles. The van der Waals surface area contributed by atoms with Crippen molar-refractivity contribution >= 4 is 23.6 Å². The predicted octanol–water partition coefficient (Wildman–Crippen LogP) is 2.08. The molecule has 2 aromatic carbocycles. The molecule has 4 rings (SSSR count). The third-order valence-corrected chi connectivity index (χ3v) is 3.84. The van der Waals surface area contributed by atoms with Crippen LogP contribution in [0.5, 0.6) is 11.5 Å². The number of carbonyl (C=O) groups is 1. The Balaban J connectivity index is 1.39. The number of hydrogen-bond acceptors (Lipinski definition) is 9. The topological polar surface area (TPSA) is 121 Å². The first-order valence-corrected chi connectivity index (χ1v) is 8.55. The van der Waals surface area contributed by atoms with Crippen molar-refractivity contribution in [2.24, 2.45) is 0 Å². The smallest absolute Gasteiger partial charge is 0.351 e. The van der Waals surface area contributed by atoms with Crippen LogP contribution >= 0.6 is 0 Å². The number of aromatic nitrogens is 3. The number of nitrogens with one attached hydrogen (secondary N) is 1. The Bertz CT molecular complexity index is 983. The average Bonchev–Trinajstić information content (AvgIpc) is 2.72. The van der Waals surface area contributed by atoms with E-state index in [4.69, 9.17) is 19.9 Å². The molecule has 0 radical (unpaired) electrons. The van der Waals surface area contributed by atoms with E-state index < -0.39 is 12.1 Å². The fourth-order valence-corrected chi connectivity index (χ4v) is 2.57. The van der Waals surface area contributed by atoms with Crippen LogP contribution in [0.25, 0.3) is 0 Å². The van der Waals surface area contributed by atoms with E-state index in [9.17, 15) is 4.79 Å². The van der Waals surface area contributed by atoms with Crippen LogP contribution < -0.4 is 20.5 Å². The van der Waals surface area contributed by atoms with Crippen LogP contribution in [0.2, 0.25) is 0 Å². The van der Waals surface area contributed by atoms with E-state index >= 15 is 0 Å². The van der Waals surface area contributed by atoms with Gasteiger partial charge >= 0.3 is 5.97 Å². The van der Waals surface area contributed by atoms with E-state index in [1.807, 2.05) is 36.4 Å². The zero-order valence-corrected chi connectivity index (χ0v) is 14.7. The van der Waals surface area contributed by atoms with E-state index in [0.29, 0.717) is 11.5 Å². The second-order valence-corrected chi connectivity index (χ2v) is 5.90. The SMILES string of the molecule is Nc1nc(COC(=O)C2COc3ccccc3O2)nc(Nc2ccccc2)n1. The fourth-order valence-electron chi connectivity index (χ4n) is 2.57. The van der Waals surface area contributed by atoms with Gasteiger partial charge < -0.3 is 25.3 Å². The second-order valence-electron chi connectivity index (χ2n) is 5.90. The molecule has 0 saturated heterocycles. The molecule has 1 aromatic heterocycles. The third kappa shape index (κ3) is 4.09. The van der Waals surface area contributed by atoms with E-state index in [1.165, 1.54) is 0 Å². The van der Waals surface area contributed by atoms with E-state index in [2.05, 4.69) is 20.3 Å². The van der Waals surface area contributed by atoms with Gasteiger partial charge in [-0.15, -0.1) is 0 Å². The number of benzene rings is 2. The molecule has 1 atom stereocenters. The Morgan fingerprint density at radius 3 is 2.64 bits per heavy atom. The minimum atomic E-state index is -0.865. The maximum absolute atomic E-state index is 12.3. The van der Waals surface area contributed by atoms with Crippen LogP contribution in [-0.4, -0.2) is 33.6 Å². The number of nitrogens with two attached hydrogens (primary N) is 1. The summed E-state index contributed by atoms with van der Waals surface area (Å²) >= 11 is 0. The summed E-state index contributed by atoms with van der Waals surface area (Å²) in [6, 6.07) is 16.5. The third-order valence-electron chi connectivity index (χ3n) is 3.84. The number of para-hydroxylation sites is 3. The number of rotatable bonds is 5. The van der Waals surface area contributed by atoms with Crippen LogP contribution in [0.15, 0.2) is 54.6 Å². The Morgan fingerprint density at radius 2 is 1.82 bits per heavy atom. The molecule has 142 valence electrons. The maximum Gasteiger partial charge on any atom is 0.351 e. The lowest BCUT2D eigenvalue weighted by atomic mass is 10.2. The molecule has 28 heavy (non-hydrogen) atoms. The van der Waals surface area contributed by atoms with Gasteiger partial charge in [0.15, 0.2) is 23.9 Å². The number of nitrogen functional groups attached to an aromatic ring is 1. The molecule has 1 aliphatic rings. The van der Waals surface area contributed by atoms with E-state index in [-0.39, 0.29) is 30.9 Å². The first-order chi connectivity index (χ1) is 13.7. The predicted molar refractivity (Wildman–Crippen MR) is 100 cm³/mol. The minimum absolute atomic E-state index is 0.0191. The molecule has 3 N–H and O–H groups in total. The number of fused-ring (bicyclic) bond motifs is 1. The Morgan fingerprint density at radius 1 is 1.07 bits per heavy atom. The van der Waals surface area contributed by atoms with Crippen LogP contribution in [0.1, 0.15) is 5.82 Å². The number of esters is 1. The Kier molecular flexibility index (Phi) is 4.87. The number of carbonyl (C=O) groups excluding carboxylic acids is 1. The minimum Gasteiger partial charge on any atom is -0.485 e. The molecule has 0 bridgehead atoms. The number of hydrogen-bond donors (Lipinski definition) is 2. The second kappa shape index (κ2) is 7.78. The Labute approximate surface area is 160 Å². The first kappa shape index (κ1) is 17.5. The quantitative estimate of drug-likeness (QED) is 0.642. The monoisotopic (exact) mass is 379 g/mol. The van der Waals surface area contributed by atoms with Gasteiger partial charge in [0.1, 0.15) is 6.61 Å². The van der Waals surface area contributed by atoms with Crippen molar-refractivity contribution in [2.75, 3.05) is 17.7 Å². The standard InChI is InChI=1S/C19H17N5O4/c20-18-22-16(23-19(24-18)21-12-6-2-1-3-7-12)11-27-17(25)15-10-26-13-8-4-5-9-14(13)28-15/h1-9,15H,10-11H2,(H3,20,21,22,23,24). The lowest BCUT2D eigenvalue weighted by molar-refractivity contribution is -0.156. The van der Waals surface area contributed by atoms with Gasteiger partial charge in [-0.1, -0.05) is 30.3 Å². The highest BCUT2D eigenvalue weighted by atomic mass is 16.6. The van der Waals surface area contributed by atoms with Crippen LogP contribution in [-0.2, 0) is 16.1 Å². The highest BCUT2D eigenvalue weighted by molar-refractivity contribution is 5.76. The van der Waals surface area contributed by atoms with E-state index in [1.54, 1.807) is 18.2 Å². The lowest BCUT2D eigenvalue weighted by Crippen LogP contribution is -2.37. The molecule has 3 aromatic rings. The number of ether oxygens (including phenoxy) is 3. The molecule has 9 heteroatoms. The van der Waals surface area contributed by atoms with Gasteiger partial charge in [0.2, 0.25) is 18.0 Å². The molecule has 9 nitrogen and oxygen atoms in total. The molecule has 1 aliphatic heterocycles. The van der Waals surface area contributed by atoms with Gasteiger partial charge in [0, 0.05) is 5.69 Å². The van der Waals surface area contributed by atoms with Gasteiger partial charge in [-0.25, -0.2) is 4.79 Å². The normalized spacial score (nSPS) is 14.9. The van der Waals surface area contributed by atoms with Crippen molar-refractivity contribution in [3.8, 4) is 11.5 Å². The summed E-state index contributed by atoms with van der Waals surface area (Å²) in [7, 11) is 0. The summed E-state index contributed by atoms with van der Waals surface area (Å²) in [5.41, 5.74) is 6.52. The summed E-state index contributed by atoms with van der Waals surface area (Å²) in [5, 5.41) is 3.02. The van der Waals surface area contributed by atoms with Crippen molar-refractivity contribution < 1.29 is 19.0 Å². The summed E-state index contributed by atoms with van der Waals surface area (Å²) in [6.07, 6.45) is -0.865. The van der Waals surface area contributed by atoms with Gasteiger partial charge in [0.25, 0.3) is 0 Å². The molecule has 0 fully saturated rings. The first-order valence-electron chi connectivity index (χ1n) is 8.55. The van der Waals surface area contributed by atoms with Gasteiger partial charge in [-0.2, -0.15) is 15.0 Å². The lowest BCUT2D eigenvalue weighted by Gasteiger charge is -2.24. The number of anilines is 3. The van der Waals surface area contributed by atoms with Gasteiger partial charge in [-0.05, 0) is 24.3 Å². The average molecular weight is 379 g/mol. The highest BCUT2D eigenvalue weighted by Gasteiger charge is 2.28. The fraction of sp³-hybridized carbons (Fsp3) is 0.158.